The normalized spacial score (nSPS) is 21.2. The van der Waals surface area contributed by atoms with Crippen molar-refractivity contribution in [3.63, 3.8) is 0 Å². The Morgan fingerprint density at radius 1 is 0.917 bits per heavy atom. The summed E-state index contributed by atoms with van der Waals surface area (Å²) >= 11 is 0. The predicted molar refractivity (Wildman–Crippen MR) is 101 cm³/mol. The van der Waals surface area contributed by atoms with Gasteiger partial charge in [0.15, 0.2) is 0 Å². The van der Waals surface area contributed by atoms with Gasteiger partial charge in [-0.3, -0.25) is 4.79 Å². The van der Waals surface area contributed by atoms with Gasteiger partial charge in [-0.25, -0.2) is 0 Å². The van der Waals surface area contributed by atoms with Crippen LogP contribution in [0.1, 0.15) is 39.5 Å². The molecule has 1 saturated carbocycles. The molecule has 2 aromatic carbocycles. The van der Waals surface area contributed by atoms with Crippen LogP contribution >= 0.6 is 7.14 Å². The van der Waals surface area contributed by atoms with Crippen LogP contribution in [0.2, 0.25) is 0 Å². The molecule has 0 amide bonds. The fraction of sp³-hybridized carbons (Fsp3) is 0.381. The topological polar surface area (TPSA) is 34.1 Å². The van der Waals surface area contributed by atoms with E-state index in [0.29, 0.717) is 18.6 Å². The van der Waals surface area contributed by atoms with Crippen LogP contribution in [0.15, 0.2) is 60.7 Å². The summed E-state index contributed by atoms with van der Waals surface area (Å²) in [6, 6.07) is 19.7. The van der Waals surface area contributed by atoms with E-state index in [1.165, 1.54) is 0 Å². The quantitative estimate of drug-likeness (QED) is 0.607. The van der Waals surface area contributed by atoms with E-state index < -0.39 is 7.14 Å². The predicted octanol–water partition coefficient (Wildman–Crippen LogP) is 4.54. The zero-order chi connectivity index (χ0) is 17.2. The minimum Gasteiger partial charge on any atom is -0.313 e. The number of hydrogen-bond acceptors (Lipinski definition) is 2. The van der Waals surface area contributed by atoms with Gasteiger partial charge >= 0.3 is 0 Å². The Morgan fingerprint density at radius 3 is 1.92 bits per heavy atom. The van der Waals surface area contributed by atoms with Crippen molar-refractivity contribution in [2.45, 2.75) is 45.2 Å². The van der Waals surface area contributed by atoms with Crippen molar-refractivity contribution in [3.05, 3.63) is 60.7 Å². The molecule has 1 aliphatic carbocycles. The molecular weight excluding hydrogens is 315 g/mol. The third-order valence-corrected chi connectivity index (χ3v) is 9.17. The maximum Gasteiger partial charge on any atom is 0.146 e. The summed E-state index contributed by atoms with van der Waals surface area (Å²) in [5.74, 6) is 0.301. The standard InChI is InChI=1S/C21H25O2P/c1-21(2)16-17(22)10-9-15-20(21)24(23,18-11-5-3-6-12-18)19-13-7-4-8-14-19/h3-8,11-14,20H,9-10,15-16H2,1-2H3. The first kappa shape index (κ1) is 17.2. The molecule has 1 fully saturated rings. The van der Waals surface area contributed by atoms with E-state index in [-0.39, 0.29) is 11.1 Å². The lowest BCUT2D eigenvalue weighted by Gasteiger charge is -2.38. The van der Waals surface area contributed by atoms with E-state index in [2.05, 4.69) is 13.8 Å². The molecule has 1 aliphatic rings. The van der Waals surface area contributed by atoms with E-state index in [1.54, 1.807) is 0 Å². The lowest BCUT2D eigenvalue weighted by atomic mass is 9.84. The average Bonchev–Trinajstić information content (AvgIpc) is 2.72. The number of rotatable bonds is 3. The van der Waals surface area contributed by atoms with E-state index in [0.717, 1.165) is 23.5 Å². The van der Waals surface area contributed by atoms with Crippen LogP contribution in [-0.4, -0.2) is 11.4 Å². The van der Waals surface area contributed by atoms with Gasteiger partial charge in [0.1, 0.15) is 12.9 Å². The molecule has 0 saturated heterocycles. The first-order valence-electron chi connectivity index (χ1n) is 8.67. The molecule has 3 rings (SSSR count). The summed E-state index contributed by atoms with van der Waals surface area (Å²) in [6.45, 7) is 4.22. The monoisotopic (exact) mass is 340 g/mol. The van der Waals surface area contributed by atoms with E-state index in [1.807, 2.05) is 60.7 Å². The van der Waals surface area contributed by atoms with Crippen LogP contribution in [-0.2, 0) is 9.36 Å². The van der Waals surface area contributed by atoms with Crippen molar-refractivity contribution in [2.75, 3.05) is 0 Å². The van der Waals surface area contributed by atoms with Crippen molar-refractivity contribution in [3.8, 4) is 0 Å². The van der Waals surface area contributed by atoms with Crippen LogP contribution in [0.5, 0.6) is 0 Å². The van der Waals surface area contributed by atoms with Gasteiger partial charge in [-0.05, 0) is 18.3 Å². The molecule has 0 bridgehead atoms. The van der Waals surface area contributed by atoms with Crippen LogP contribution < -0.4 is 10.6 Å². The number of carbonyl (C=O) groups excluding carboxylic acids is 1. The number of benzene rings is 2. The molecular formula is C21H25O2P. The Morgan fingerprint density at radius 2 is 1.42 bits per heavy atom. The summed E-state index contributed by atoms with van der Waals surface area (Å²) in [4.78, 5) is 12.2. The third-order valence-electron chi connectivity index (χ3n) is 5.21. The van der Waals surface area contributed by atoms with Gasteiger partial charge in [-0.1, -0.05) is 74.5 Å². The van der Waals surface area contributed by atoms with Gasteiger partial charge in [-0.2, -0.15) is 0 Å². The fourth-order valence-corrected chi connectivity index (χ4v) is 7.95. The van der Waals surface area contributed by atoms with Crippen LogP contribution in [0.4, 0.5) is 0 Å². The van der Waals surface area contributed by atoms with Crippen molar-refractivity contribution >= 4 is 23.5 Å². The molecule has 0 N–H and O–H groups in total. The van der Waals surface area contributed by atoms with Gasteiger partial charge in [0.2, 0.25) is 0 Å². The second-order valence-corrected chi connectivity index (χ2v) is 10.4. The molecule has 0 radical (unpaired) electrons. The number of carbonyl (C=O) groups is 1. The van der Waals surface area contributed by atoms with Crippen molar-refractivity contribution in [1.29, 1.82) is 0 Å². The summed E-state index contributed by atoms with van der Waals surface area (Å²) < 4.78 is 14.5. The molecule has 2 aromatic rings. The Bertz CT molecular complexity index is 706. The second kappa shape index (κ2) is 6.69. The molecule has 0 spiro atoms. The summed E-state index contributed by atoms with van der Waals surface area (Å²) in [5.41, 5.74) is -0.282. The highest BCUT2D eigenvalue weighted by molar-refractivity contribution is 7.79. The highest BCUT2D eigenvalue weighted by Gasteiger charge is 2.46. The molecule has 0 aliphatic heterocycles. The summed E-state index contributed by atoms with van der Waals surface area (Å²) in [7, 11) is -2.83. The summed E-state index contributed by atoms with van der Waals surface area (Å²) in [6.07, 6.45) is 2.79. The van der Waals surface area contributed by atoms with Gasteiger partial charge in [0.05, 0.1) is 0 Å². The van der Waals surface area contributed by atoms with Gasteiger partial charge in [-0.15, -0.1) is 0 Å². The average molecular weight is 340 g/mol. The Labute approximate surface area is 144 Å². The first-order chi connectivity index (χ1) is 11.4. The highest BCUT2D eigenvalue weighted by atomic mass is 31.2. The van der Waals surface area contributed by atoms with Gasteiger partial charge in [0, 0.05) is 29.1 Å². The number of ketones is 1. The smallest absolute Gasteiger partial charge is 0.146 e. The van der Waals surface area contributed by atoms with Crippen molar-refractivity contribution < 1.29 is 9.36 Å². The Balaban J connectivity index is 2.19. The minimum atomic E-state index is -2.83. The molecule has 0 heterocycles. The van der Waals surface area contributed by atoms with Crippen LogP contribution in [0.25, 0.3) is 0 Å². The largest absolute Gasteiger partial charge is 0.313 e. The van der Waals surface area contributed by atoms with Gasteiger partial charge in [0.25, 0.3) is 0 Å². The summed E-state index contributed by atoms with van der Waals surface area (Å²) in [5, 5.41) is 1.81. The van der Waals surface area contributed by atoms with Gasteiger partial charge < -0.3 is 4.57 Å². The minimum absolute atomic E-state index is 0.0127. The fourth-order valence-electron chi connectivity index (χ4n) is 4.08. The Kier molecular flexibility index (Phi) is 4.78. The molecule has 3 heteroatoms. The zero-order valence-corrected chi connectivity index (χ0v) is 15.3. The number of Topliss-reactive ketones (excluding diaryl/α,β-unsaturated/α-hetero) is 1. The van der Waals surface area contributed by atoms with E-state index in [9.17, 15) is 9.36 Å². The van der Waals surface area contributed by atoms with Crippen LogP contribution in [0, 0.1) is 5.41 Å². The van der Waals surface area contributed by atoms with E-state index >= 15 is 0 Å². The zero-order valence-electron chi connectivity index (χ0n) is 14.4. The van der Waals surface area contributed by atoms with Crippen molar-refractivity contribution in [1.82, 2.24) is 0 Å². The van der Waals surface area contributed by atoms with Crippen LogP contribution in [0.3, 0.4) is 0 Å². The maximum atomic E-state index is 14.5. The second-order valence-electron chi connectivity index (χ2n) is 7.44. The first-order valence-corrected chi connectivity index (χ1v) is 10.4. The molecule has 2 nitrogen and oxygen atoms in total. The Hall–Kier alpha value is -1.66. The number of hydrogen-bond donors (Lipinski definition) is 0. The molecule has 1 unspecified atom stereocenters. The maximum absolute atomic E-state index is 14.5. The third kappa shape index (κ3) is 3.13. The molecule has 24 heavy (non-hydrogen) atoms. The SMILES string of the molecule is CC1(C)CC(=O)CCCC1P(=O)(c1ccccc1)c1ccccc1. The molecule has 0 aromatic heterocycles. The molecule has 126 valence electrons. The molecule has 1 atom stereocenters. The van der Waals surface area contributed by atoms with E-state index in [4.69, 9.17) is 0 Å². The van der Waals surface area contributed by atoms with Crippen molar-refractivity contribution in [2.24, 2.45) is 5.41 Å². The lowest BCUT2D eigenvalue weighted by molar-refractivity contribution is -0.120. The lowest BCUT2D eigenvalue weighted by Crippen LogP contribution is -2.36. The highest BCUT2D eigenvalue weighted by Crippen LogP contribution is 2.58.